The molecule has 4 aromatic rings. The van der Waals surface area contributed by atoms with E-state index in [1.165, 1.54) is 17.4 Å². The van der Waals surface area contributed by atoms with E-state index in [-0.39, 0.29) is 11.7 Å². The Morgan fingerprint density at radius 1 is 1.31 bits per heavy atom. The Balaban J connectivity index is 1.47. The molecule has 0 fully saturated rings. The fraction of sp³-hybridized carbons (Fsp3) is 0.150. The summed E-state index contributed by atoms with van der Waals surface area (Å²) in [4.78, 5) is 17.6. The van der Waals surface area contributed by atoms with Crippen LogP contribution >= 0.6 is 27.3 Å². The molecule has 4 rings (SSSR count). The average molecular weight is 475 g/mol. The summed E-state index contributed by atoms with van der Waals surface area (Å²) < 4.78 is 21.6. The monoisotopic (exact) mass is 474 g/mol. The number of thiazole rings is 1. The average Bonchev–Trinajstić information content (AvgIpc) is 3.30. The Labute approximate surface area is 178 Å². The third kappa shape index (κ3) is 4.01. The molecule has 6 nitrogen and oxygen atoms in total. The van der Waals surface area contributed by atoms with Gasteiger partial charge in [0.2, 0.25) is 4.96 Å². The molecule has 0 saturated carbocycles. The van der Waals surface area contributed by atoms with Gasteiger partial charge in [0.15, 0.2) is 5.82 Å². The van der Waals surface area contributed by atoms with Gasteiger partial charge in [0.25, 0.3) is 5.91 Å². The first kappa shape index (κ1) is 19.5. The standard InChI is InChI=1S/C20H16BrFN4O2S/c1-28-13-6-7-16(21)15(10-13)19(27)23-9-8-12-11-29-20-24-18(25-26(12)20)14-4-2-3-5-17(14)22/h2-7,10-11H,8-9H2,1H3,(H,23,27). The fourth-order valence-electron chi connectivity index (χ4n) is 2.86. The van der Waals surface area contributed by atoms with E-state index in [9.17, 15) is 9.18 Å². The molecule has 0 radical (unpaired) electrons. The molecule has 0 unspecified atom stereocenters. The van der Waals surface area contributed by atoms with Gasteiger partial charge in [0.1, 0.15) is 11.6 Å². The number of ether oxygens (including phenoxy) is 1. The van der Waals surface area contributed by atoms with Crippen LogP contribution in [0.15, 0.2) is 52.3 Å². The van der Waals surface area contributed by atoms with Gasteiger partial charge in [0.05, 0.1) is 23.9 Å². The Hall–Kier alpha value is -2.78. The number of carbonyl (C=O) groups is 1. The summed E-state index contributed by atoms with van der Waals surface area (Å²) in [5.41, 5.74) is 1.76. The molecule has 0 aliphatic carbocycles. The van der Waals surface area contributed by atoms with Crippen molar-refractivity contribution in [3.8, 4) is 17.1 Å². The molecule has 148 valence electrons. The number of halogens is 2. The summed E-state index contributed by atoms with van der Waals surface area (Å²) in [6, 6.07) is 11.7. The highest BCUT2D eigenvalue weighted by Crippen LogP contribution is 2.24. The van der Waals surface area contributed by atoms with Gasteiger partial charge >= 0.3 is 0 Å². The third-order valence-electron chi connectivity index (χ3n) is 4.35. The van der Waals surface area contributed by atoms with Gasteiger partial charge in [-0.25, -0.2) is 8.91 Å². The maximum absolute atomic E-state index is 14.0. The number of methoxy groups -OCH3 is 1. The zero-order chi connectivity index (χ0) is 20.4. The topological polar surface area (TPSA) is 68.5 Å². The summed E-state index contributed by atoms with van der Waals surface area (Å²) in [5.74, 6) is 0.401. The van der Waals surface area contributed by atoms with E-state index in [0.717, 1.165) is 5.69 Å². The van der Waals surface area contributed by atoms with Crippen LogP contribution in [-0.2, 0) is 6.42 Å². The van der Waals surface area contributed by atoms with Crippen LogP contribution in [0.5, 0.6) is 5.75 Å². The van der Waals surface area contributed by atoms with Crippen LogP contribution in [0.1, 0.15) is 16.1 Å². The molecule has 1 N–H and O–H groups in total. The van der Waals surface area contributed by atoms with Crippen molar-refractivity contribution in [1.29, 1.82) is 0 Å². The Kier molecular flexibility index (Phi) is 5.59. The van der Waals surface area contributed by atoms with Crippen LogP contribution < -0.4 is 10.1 Å². The molecule has 1 amide bonds. The van der Waals surface area contributed by atoms with Gasteiger partial charge in [-0.3, -0.25) is 4.79 Å². The summed E-state index contributed by atoms with van der Waals surface area (Å²) in [6.07, 6.45) is 0.563. The Morgan fingerprint density at radius 2 is 2.14 bits per heavy atom. The van der Waals surface area contributed by atoms with Crippen molar-refractivity contribution in [3.63, 3.8) is 0 Å². The van der Waals surface area contributed by atoms with E-state index < -0.39 is 0 Å². The van der Waals surface area contributed by atoms with Crippen molar-refractivity contribution in [2.45, 2.75) is 6.42 Å². The van der Waals surface area contributed by atoms with E-state index in [1.54, 1.807) is 48.0 Å². The smallest absolute Gasteiger partial charge is 0.252 e. The molecule has 2 aromatic heterocycles. The quantitative estimate of drug-likeness (QED) is 0.451. The largest absolute Gasteiger partial charge is 0.497 e. The molecule has 0 spiro atoms. The lowest BCUT2D eigenvalue weighted by molar-refractivity contribution is 0.0953. The highest BCUT2D eigenvalue weighted by atomic mass is 79.9. The molecule has 2 heterocycles. The lowest BCUT2D eigenvalue weighted by Gasteiger charge is -2.08. The van der Waals surface area contributed by atoms with Crippen molar-refractivity contribution >= 4 is 38.1 Å². The van der Waals surface area contributed by atoms with Crippen molar-refractivity contribution in [1.82, 2.24) is 19.9 Å². The second-order valence-electron chi connectivity index (χ2n) is 6.19. The number of carbonyl (C=O) groups excluding carboxylic acids is 1. The van der Waals surface area contributed by atoms with Crippen LogP contribution in [0.4, 0.5) is 4.39 Å². The molecule has 0 aliphatic rings. The molecule has 0 atom stereocenters. The van der Waals surface area contributed by atoms with Gasteiger partial charge < -0.3 is 10.1 Å². The minimum absolute atomic E-state index is 0.201. The first-order valence-electron chi connectivity index (χ1n) is 8.76. The SMILES string of the molecule is COc1ccc(Br)c(C(=O)NCCc2csc3nc(-c4ccccc4F)nn23)c1. The molecule has 0 bridgehead atoms. The fourth-order valence-corrected chi connectivity index (χ4v) is 4.14. The number of hydrogen-bond donors (Lipinski definition) is 1. The zero-order valence-electron chi connectivity index (χ0n) is 15.4. The van der Waals surface area contributed by atoms with Crippen LogP contribution in [-0.4, -0.2) is 34.2 Å². The molecular weight excluding hydrogens is 459 g/mol. The molecule has 29 heavy (non-hydrogen) atoms. The highest BCUT2D eigenvalue weighted by Gasteiger charge is 2.15. The highest BCUT2D eigenvalue weighted by molar-refractivity contribution is 9.10. The van der Waals surface area contributed by atoms with Crippen LogP contribution in [0.25, 0.3) is 16.3 Å². The summed E-state index contributed by atoms with van der Waals surface area (Å²) in [5, 5.41) is 9.27. The third-order valence-corrected chi connectivity index (χ3v) is 5.91. The van der Waals surface area contributed by atoms with Gasteiger partial charge in [-0.1, -0.05) is 12.1 Å². The van der Waals surface area contributed by atoms with Crippen molar-refractivity contribution in [2.75, 3.05) is 13.7 Å². The summed E-state index contributed by atoms with van der Waals surface area (Å²) in [6.45, 7) is 0.420. The Morgan fingerprint density at radius 3 is 2.93 bits per heavy atom. The van der Waals surface area contributed by atoms with Gasteiger partial charge in [-0.15, -0.1) is 16.4 Å². The van der Waals surface area contributed by atoms with Crippen molar-refractivity contribution < 1.29 is 13.9 Å². The van der Waals surface area contributed by atoms with Crippen molar-refractivity contribution in [3.05, 3.63) is 69.4 Å². The number of aromatic nitrogens is 3. The van der Waals surface area contributed by atoms with E-state index in [1.807, 2.05) is 5.38 Å². The number of amides is 1. The second-order valence-corrected chi connectivity index (χ2v) is 7.88. The number of benzene rings is 2. The lowest BCUT2D eigenvalue weighted by atomic mass is 10.2. The van der Waals surface area contributed by atoms with Crippen LogP contribution in [0.2, 0.25) is 0 Å². The van der Waals surface area contributed by atoms with Gasteiger partial charge in [-0.2, -0.15) is 4.98 Å². The molecular formula is C20H16BrFN4O2S. The summed E-state index contributed by atoms with van der Waals surface area (Å²) in [7, 11) is 1.56. The van der Waals surface area contributed by atoms with Crippen LogP contribution in [0, 0.1) is 5.82 Å². The van der Waals surface area contributed by atoms with Crippen LogP contribution in [0.3, 0.4) is 0 Å². The molecule has 2 aromatic carbocycles. The number of nitrogens with zero attached hydrogens (tertiary/aromatic N) is 3. The first-order chi connectivity index (χ1) is 14.1. The molecule has 0 aliphatic heterocycles. The van der Waals surface area contributed by atoms with E-state index in [4.69, 9.17) is 4.74 Å². The number of rotatable bonds is 6. The minimum Gasteiger partial charge on any atom is -0.497 e. The minimum atomic E-state index is -0.358. The predicted molar refractivity (Wildman–Crippen MR) is 113 cm³/mol. The number of hydrogen-bond acceptors (Lipinski definition) is 5. The normalized spacial score (nSPS) is 11.0. The van der Waals surface area contributed by atoms with E-state index in [0.29, 0.717) is 45.1 Å². The second kappa shape index (κ2) is 8.30. The van der Waals surface area contributed by atoms with Crippen molar-refractivity contribution in [2.24, 2.45) is 0 Å². The first-order valence-corrected chi connectivity index (χ1v) is 10.4. The molecule has 0 saturated heterocycles. The summed E-state index contributed by atoms with van der Waals surface area (Å²) >= 11 is 4.81. The maximum Gasteiger partial charge on any atom is 0.252 e. The van der Waals surface area contributed by atoms with Gasteiger partial charge in [-0.05, 0) is 46.3 Å². The number of fused-ring (bicyclic) bond motifs is 1. The maximum atomic E-state index is 14.0. The molecule has 9 heteroatoms. The number of nitrogens with one attached hydrogen (secondary N) is 1. The predicted octanol–water partition coefficient (Wildman–Crippen LogP) is 4.34. The van der Waals surface area contributed by atoms with E-state index in [2.05, 4.69) is 31.3 Å². The van der Waals surface area contributed by atoms with E-state index >= 15 is 0 Å². The zero-order valence-corrected chi connectivity index (χ0v) is 17.8. The lowest BCUT2D eigenvalue weighted by Crippen LogP contribution is -2.26. The Bertz CT molecular complexity index is 1190. The van der Waals surface area contributed by atoms with Gasteiger partial charge in [0, 0.05) is 22.8 Å².